The summed E-state index contributed by atoms with van der Waals surface area (Å²) in [7, 11) is 0. The Hall–Kier alpha value is -0.120. The molecule has 0 aliphatic carbocycles. The highest BCUT2D eigenvalue weighted by Crippen LogP contribution is 2.10. The zero-order valence-electron chi connectivity index (χ0n) is 6.31. The van der Waals surface area contributed by atoms with Gasteiger partial charge in [0.2, 0.25) is 0 Å². The summed E-state index contributed by atoms with van der Waals surface area (Å²) in [6.45, 7) is 2.40. The van der Waals surface area contributed by atoms with Crippen molar-refractivity contribution in [3.8, 4) is 0 Å². The van der Waals surface area contributed by atoms with Crippen molar-refractivity contribution in [2.45, 2.75) is 19.3 Å². The second-order valence-electron chi connectivity index (χ2n) is 3.08. The van der Waals surface area contributed by atoms with Gasteiger partial charge >= 0.3 is 0 Å². The fraction of sp³-hybridized carbons (Fsp3) is 1.00. The molecule has 10 heavy (non-hydrogen) atoms. The minimum Gasteiger partial charge on any atom is -0.634 e. The molecular formula is C7H16N2O. The van der Waals surface area contributed by atoms with Crippen LogP contribution in [0.25, 0.3) is 0 Å². The Morgan fingerprint density at radius 3 is 2.90 bits per heavy atom. The van der Waals surface area contributed by atoms with Crippen LogP contribution in [0.1, 0.15) is 19.3 Å². The largest absolute Gasteiger partial charge is 0.634 e. The fourth-order valence-corrected chi connectivity index (χ4v) is 1.54. The normalized spacial score (nSPS) is 33.0. The van der Waals surface area contributed by atoms with Crippen LogP contribution in [0.5, 0.6) is 0 Å². The maximum atomic E-state index is 10.8. The van der Waals surface area contributed by atoms with Gasteiger partial charge in [0.25, 0.3) is 0 Å². The molecule has 1 aliphatic heterocycles. The highest BCUT2D eigenvalue weighted by molar-refractivity contribution is 4.62. The lowest BCUT2D eigenvalue weighted by Crippen LogP contribution is -3.05. The zero-order valence-corrected chi connectivity index (χ0v) is 6.31. The highest BCUT2D eigenvalue weighted by atomic mass is 16.5. The Balaban J connectivity index is 2.06. The zero-order chi connectivity index (χ0) is 7.40. The van der Waals surface area contributed by atoms with Gasteiger partial charge < -0.3 is 16.0 Å². The molecule has 0 amide bonds. The van der Waals surface area contributed by atoms with Crippen LogP contribution in [0, 0.1) is 11.1 Å². The molecule has 1 fully saturated rings. The van der Waals surface area contributed by atoms with Crippen molar-refractivity contribution < 1.29 is 5.06 Å². The van der Waals surface area contributed by atoms with Gasteiger partial charge in [-0.3, -0.25) is 0 Å². The van der Waals surface area contributed by atoms with Crippen molar-refractivity contribution in [1.29, 1.82) is 0 Å². The molecule has 1 saturated heterocycles. The van der Waals surface area contributed by atoms with E-state index in [9.17, 15) is 5.21 Å². The van der Waals surface area contributed by atoms with Crippen LogP contribution >= 0.6 is 0 Å². The molecule has 0 spiro atoms. The summed E-state index contributed by atoms with van der Waals surface area (Å²) < 4.78 is 0. The monoisotopic (exact) mass is 144 g/mol. The molecule has 1 rings (SSSR count). The average Bonchev–Trinajstić information content (AvgIpc) is 2.31. The Morgan fingerprint density at radius 2 is 2.40 bits per heavy atom. The first-order valence-electron chi connectivity index (χ1n) is 4.04. The number of hydrogen-bond acceptors (Lipinski definition) is 2. The smallest absolute Gasteiger partial charge is 0.0799 e. The Kier molecular flexibility index (Phi) is 3.12. The molecule has 0 aromatic rings. The van der Waals surface area contributed by atoms with Crippen molar-refractivity contribution >= 4 is 0 Å². The summed E-state index contributed by atoms with van der Waals surface area (Å²) in [5.41, 5.74) is 5.36. The Bertz CT molecular complexity index is 97.6. The molecule has 0 saturated carbocycles. The van der Waals surface area contributed by atoms with Gasteiger partial charge in [0, 0.05) is 12.3 Å². The lowest BCUT2D eigenvalue weighted by molar-refractivity contribution is -0.835. The summed E-state index contributed by atoms with van der Waals surface area (Å²) in [5, 5.41) is 11.2. The van der Waals surface area contributed by atoms with Crippen molar-refractivity contribution in [3.63, 3.8) is 0 Å². The van der Waals surface area contributed by atoms with E-state index in [4.69, 9.17) is 5.73 Å². The van der Waals surface area contributed by atoms with Crippen molar-refractivity contribution in [2.75, 3.05) is 19.6 Å². The molecule has 3 heteroatoms. The lowest BCUT2D eigenvalue weighted by Gasteiger charge is -2.14. The molecular weight excluding hydrogens is 128 g/mol. The number of quaternary nitrogens is 1. The van der Waals surface area contributed by atoms with E-state index in [0.29, 0.717) is 11.0 Å². The molecule has 0 bridgehead atoms. The predicted molar refractivity (Wildman–Crippen MR) is 40.5 cm³/mol. The van der Waals surface area contributed by atoms with Crippen LogP contribution in [0.3, 0.4) is 0 Å². The van der Waals surface area contributed by atoms with Crippen molar-refractivity contribution in [2.24, 2.45) is 11.7 Å². The maximum absolute atomic E-state index is 10.8. The van der Waals surface area contributed by atoms with Gasteiger partial charge in [-0.25, -0.2) is 0 Å². The Morgan fingerprint density at radius 1 is 1.60 bits per heavy atom. The SMILES string of the molecule is NCCCC1CC[NH+]([O-])C1. The van der Waals surface area contributed by atoms with E-state index in [0.717, 1.165) is 38.9 Å². The van der Waals surface area contributed by atoms with E-state index in [-0.39, 0.29) is 0 Å². The number of hydrogen-bond donors (Lipinski definition) is 2. The minimum absolute atomic E-state index is 0.446. The summed E-state index contributed by atoms with van der Waals surface area (Å²) in [6.07, 6.45) is 3.35. The first-order valence-corrected chi connectivity index (χ1v) is 4.04. The third kappa shape index (κ3) is 2.25. The van der Waals surface area contributed by atoms with Crippen LogP contribution in [0.15, 0.2) is 0 Å². The topological polar surface area (TPSA) is 53.5 Å². The van der Waals surface area contributed by atoms with Gasteiger partial charge in [0.1, 0.15) is 0 Å². The first-order chi connectivity index (χ1) is 4.83. The van der Waals surface area contributed by atoms with E-state index in [1.54, 1.807) is 0 Å². The predicted octanol–water partition coefficient (Wildman–Crippen LogP) is -0.872. The van der Waals surface area contributed by atoms with Crippen LogP contribution in [0.2, 0.25) is 0 Å². The fourth-order valence-electron chi connectivity index (χ4n) is 1.54. The molecule has 3 nitrogen and oxygen atoms in total. The molecule has 0 aromatic heterocycles. The third-order valence-electron chi connectivity index (χ3n) is 2.16. The summed E-state index contributed by atoms with van der Waals surface area (Å²) in [6, 6.07) is 0. The van der Waals surface area contributed by atoms with E-state index >= 15 is 0 Å². The molecule has 1 aliphatic rings. The van der Waals surface area contributed by atoms with Gasteiger partial charge in [0.15, 0.2) is 0 Å². The Labute approximate surface area is 61.8 Å². The quantitative estimate of drug-likeness (QED) is 0.506. The van der Waals surface area contributed by atoms with Crippen molar-refractivity contribution in [1.82, 2.24) is 0 Å². The summed E-state index contributed by atoms with van der Waals surface area (Å²) >= 11 is 0. The number of nitrogens with one attached hydrogen (secondary N) is 1. The van der Waals surface area contributed by atoms with E-state index < -0.39 is 0 Å². The number of hydroxylamine groups is 2. The second kappa shape index (κ2) is 3.91. The number of nitrogens with two attached hydrogens (primary N) is 1. The van der Waals surface area contributed by atoms with E-state index in [2.05, 4.69) is 0 Å². The minimum atomic E-state index is 0.446. The van der Waals surface area contributed by atoms with Gasteiger partial charge in [0.05, 0.1) is 13.1 Å². The molecule has 2 unspecified atom stereocenters. The van der Waals surface area contributed by atoms with E-state index in [1.807, 2.05) is 0 Å². The standard InChI is InChI=1S/C7H16N2O/c8-4-1-2-7-3-5-9(10)6-7/h7,9H,1-6,8H2. The summed E-state index contributed by atoms with van der Waals surface area (Å²) in [4.78, 5) is 0. The van der Waals surface area contributed by atoms with Gasteiger partial charge in [-0.05, 0) is 19.4 Å². The first kappa shape index (κ1) is 7.98. The molecule has 2 atom stereocenters. The molecule has 0 aromatic carbocycles. The van der Waals surface area contributed by atoms with Gasteiger partial charge in [-0.2, -0.15) is 0 Å². The molecule has 1 heterocycles. The van der Waals surface area contributed by atoms with Crippen LogP contribution in [-0.4, -0.2) is 19.6 Å². The van der Waals surface area contributed by atoms with Crippen LogP contribution in [0.4, 0.5) is 0 Å². The van der Waals surface area contributed by atoms with Gasteiger partial charge in [-0.1, -0.05) is 0 Å². The average molecular weight is 144 g/mol. The second-order valence-corrected chi connectivity index (χ2v) is 3.08. The molecule has 60 valence electrons. The lowest BCUT2D eigenvalue weighted by atomic mass is 10.0. The van der Waals surface area contributed by atoms with E-state index in [1.165, 1.54) is 0 Å². The molecule has 3 N–H and O–H groups in total. The molecule has 0 radical (unpaired) electrons. The van der Waals surface area contributed by atoms with Crippen LogP contribution < -0.4 is 10.8 Å². The van der Waals surface area contributed by atoms with Gasteiger partial charge in [-0.15, -0.1) is 0 Å². The number of rotatable bonds is 3. The van der Waals surface area contributed by atoms with Crippen molar-refractivity contribution in [3.05, 3.63) is 5.21 Å². The van der Waals surface area contributed by atoms with Crippen LogP contribution in [-0.2, 0) is 0 Å². The highest BCUT2D eigenvalue weighted by Gasteiger charge is 2.19. The summed E-state index contributed by atoms with van der Waals surface area (Å²) in [5.74, 6) is 0.663. The third-order valence-corrected chi connectivity index (χ3v) is 2.16. The maximum Gasteiger partial charge on any atom is 0.0799 e.